The Hall–Kier alpha value is -2.04. The first-order chi connectivity index (χ1) is 9.81. The van der Waals surface area contributed by atoms with Gasteiger partial charge in [-0.05, 0) is 12.1 Å². The molecule has 8 nitrogen and oxygen atoms in total. The Balaban J connectivity index is 2.33. The van der Waals surface area contributed by atoms with Gasteiger partial charge in [0.15, 0.2) is 0 Å². The summed E-state index contributed by atoms with van der Waals surface area (Å²) in [6.45, 7) is -0.213. The van der Waals surface area contributed by atoms with Gasteiger partial charge in [-0.1, -0.05) is 11.6 Å². The zero-order chi connectivity index (χ0) is 15.6. The van der Waals surface area contributed by atoms with Crippen LogP contribution in [-0.4, -0.2) is 34.7 Å². The number of halogens is 2. The molecule has 0 aliphatic rings. The van der Waals surface area contributed by atoms with Crippen LogP contribution >= 0.6 is 11.6 Å². The Labute approximate surface area is 123 Å². The second-order valence-electron chi connectivity index (χ2n) is 3.83. The minimum Gasteiger partial charge on any atom is -0.478 e. The molecule has 0 amide bonds. The molecule has 21 heavy (non-hydrogen) atoms. The van der Waals surface area contributed by atoms with E-state index in [0.717, 1.165) is 6.07 Å². The highest BCUT2D eigenvalue weighted by atomic mass is 35.5. The van der Waals surface area contributed by atoms with Crippen molar-refractivity contribution in [3.8, 4) is 0 Å². The van der Waals surface area contributed by atoms with Crippen molar-refractivity contribution in [2.75, 3.05) is 0 Å². The number of aromatic amines is 1. The predicted octanol–water partition coefficient (Wildman–Crippen LogP) is 0.774. The third-order valence-electron chi connectivity index (χ3n) is 2.44. The second-order valence-corrected chi connectivity index (χ2v) is 5.97. The highest BCUT2D eigenvalue weighted by molar-refractivity contribution is 7.89. The molecule has 0 radical (unpaired) electrons. The standard InChI is InChI=1S/C10H8ClFN4O4S/c11-9-6(10(17)18)1-5(2-7(9)12)21(19,20)15-3-8-13-4-14-16-8/h1-2,4,15H,3H2,(H,17,18)(H,13,14,16). The summed E-state index contributed by atoms with van der Waals surface area (Å²) >= 11 is 5.47. The zero-order valence-corrected chi connectivity index (χ0v) is 11.7. The van der Waals surface area contributed by atoms with Crippen LogP contribution < -0.4 is 4.72 Å². The summed E-state index contributed by atoms with van der Waals surface area (Å²) in [5.74, 6) is -2.44. The third kappa shape index (κ3) is 3.35. The van der Waals surface area contributed by atoms with Crippen LogP contribution in [0.15, 0.2) is 23.4 Å². The maximum Gasteiger partial charge on any atom is 0.337 e. The van der Waals surface area contributed by atoms with Gasteiger partial charge in [0.1, 0.15) is 18.0 Å². The normalized spacial score (nSPS) is 11.5. The molecule has 3 N–H and O–H groups in total. The Morgan fingerprint density at radius 1 is 1.48 bits per heavy atom. The highest BCUT2D eigenvalue weighted by Gasteiger charge is 2.22. The van der Waals surface area contributed by atoms with Gasteiger partial charge < -0.3 is 5.11 Å². The van der Waals surface area contributed by atoms with Crippen LogP contribution in [0.4, 0.5) is 4.39 Å². The van der Waals surface area contributed by atoms with Gasteiger partial charge in [-0.25, -0.2) is 27.3 Å². The Morgan fingerprint density at radius 2 is 2.19 bits per heavy atom. The van der Waals surface area contributed by atoms with E-state index in [9.17, 15) is 17.6 Å². The fourth-order valence-electron chi connectivity index (χ4n) is 1.44. The molecular weight excluding hydrogens is 327 g/mol. The summed E-state index contributed by atoms with van der Waals surface area (Å²) in [6.07, 6.45) is 1.19. The van der Waals surface area contributed by atoms with E-state index in [1.807, 2.05) is 0 Å². The van der Waals surface area contributed by atoms with Crippen LogP contribution in [0.5, 0.6) is 0 Å². The van der Waals surface area contributed by atoms with Crippen molar-refractivity contribution < 1.29 is 22.7 Å². The number of H-pyrrole nitrogens is 1. The fraction of sp³-hybridized carbons (Fsp3) is 0.100. The number of carboxylic acid groups (broad SMARTS) is 1. The summed E-state index contributed by atoms with van der Waals surface area (Å²) in [4.78, 5) is 14.1. The lowest BCUT2D eigenvalue weighted by Crippen LogP contribution is -2.24. The monoisotopic (exact) mass is 334 g/mol. The van der Waals surface area contributed by atoms with E-state index in [1.165, 1.54) is 6.33 Å². The van der Waals surface area contributed by atoms with Crippen molar-refractivity contribution in [3.05, 3.63) is 40.7 Å². The molecule has 0 unspecified atom stereocenters. The van der Waals surface area contributed by atoms with Gasteiger partial charge in [-0.2, -0.15) is 5.10 Å². The number of carbonyl (C=O) groups is 1. The van der Waals surface area contributed by atoms with Gasteiger partial charge in [0, 0.05) is 0 Å². The largest absolute Gasteiger partial charge is 0.478 e. The minimum absolute atomic E-state index is 0.213. The van der Waals surface area contributed by atoms with Crippen molar-refractivity contribution in [1.82, 2.24) is 19.9 Å². The van der Waals surface area contributed by atoms with E-state index in [-0.39, 0.29) is 12.4 Å². The van der Waals surface area contributed by atoms with Crippen molar-refractivity contribution in [1.29, 1.82) is 0 Å². The predicted molar refractivity (Wildman–Crippen MR) is 68.8 cm³/mol. The topological polar surface area (TPSA) is 125 Å². The first-order valence-electron chi connectivity index (χ1n) is 5.37. The quantitative estimate of drug-likeness (QED) is 0.741. The number of hydrogen-bond acceptors (Lipinski definition) is 5. The summed E-state index contributed by atoms with van der Waals surface area (Å²) in [6, 6.07) is 1.41. The molecule has 0 saturated carbocycles. The van der Waals surface area contributed by atoms with Crippen molar-refractivity contribution in [3.63, 3.8) is 0 Å². The molecule has 1 aromatic carbocycles. The Morgan fingerprint density at radius 3 is 2.76 bits per heavy atom. The van der Waals surface area contributed by atoms with Gasteiger partial charge in [0.05, 0.1) is 22.0 Å². The van der Waals surface area contributed by atoms with E-state index >= 15 is 0 Å². The Bertz CT molecular complexity index is 779. The Kier molecular flexibility index (Phi) is 4.21. The lowest BCUT2D eigenvalue weighted by Gasteiger charge is -2.08. The van der Waals surface area contributed by atoms with E-state index in [1.54, 1.807) is 0 Å². The van der Waals surface area contributed by atoms with Crippen molar-refractivity contribution in [2.45, 2.75) is 11.4 Å². The molecule has 2 aromatic rings. The number of benzene rings is 1. The van der Waals surface area contributed by atoms with Crippen molar-refractivity contribution in [2.24, 2.45) is 0 Å². The minimum atomic E-state index is -4.13. The number of nitrogens with one attached hydrogen (secondary N) is 2. The number of hydrogen-bond donors (Lipinski definition) is 3. The summed E-state index contributed by atoms with van der Waals surface area (Å²) in [5, 5.41) is 14.2. The maximum atomic E-state index is 13.5. The van der Waals surface area contributed by atoms with E-state index in [4.69, 9.17) is 16.7 Å². The number of carboxylic acids is 1. The highest BCUT2D eigenvalue weighted by Crippen LogP contribution is 2.24. The fourth-order valence-corrected chi connectivity index (χ4v) is 2.65. The number of aromatic carboxylic acids is 1. The van der Waals surface area contributed by atoms with Crippen LogP contribution in [0, 0.1) is 5.82 Å². The zero-order valence-electron chi connectivity index (χ0n) is 10.2. The molecule has 1 aromatic heterocycles. The van der Waals surface area contributed by atoms with Crippen LogP contribution in [0.1, 0.15) is 16.2 Å². The summed E-state index contributed by atoms with van der Waals surface area (Å²) in [7, 11) is -4.13. The van der Waals surface area contributed by atoms with Gasteiger partial charge in [0.2, 0.25) is 10.0 Å². The van der Waals surface area contributed by atoms with Crippen LogP contribution in [0.25, 0.3) is 0 Å². The molecule has 0 aliphatic heterocycles. The molecule has 0 saturated heterocycles. The van der Waals surface area contributed by atoms with Gasteiger partial charge >= 0.3 is 5.97 Å². The molecule has 0 fully saturated rings. The smallest absolute Gasteiger partial charge is 0.337 e. The number of nitrogens with zero attached hydrogens (tertiary/aromatic N) is 2. The SMILES string of the molecule is O=C(O)c1cc(S(=O)(=O)NCc2ncn[nH]2)cc(F)c1Cl. The van der Waals surface area contributed by atoms with Gasteiger partial charge in [-0.15, -0.1) is 0 Å². The summed E-state index contributed by atoms with van der Waals surface area (Å²) in [5.41, 5.74) is -0.642. The van der Waals surface area contributed by atoms with Crippen LogP contribution in [-0.2, 0) is 16.6 Å². The number of aromatic nitrogens is 3. The second kappa shape index (κ2) is 5.76. The lowest BCUT2D eigenvalue weighted by atomic mass is 10.2. The number of sulfonamides is 1. The average molecular weight is 335 g/mol. The van der Waals surface area contributed by atoms with E-state index < -0.39 is 37.3 Å². The molecule has 0 aliphatic carbocycles. The number of rotatable bonds is 5. The molecule has 112 valence electrons. The molecule has 11 heteroatoms. The summed E-state index contributed by atoms with van der Waals surface area (Å²) < 4.78 is 39.6. The van der Waals surface area contributed by atoms with Crippen LogP contribution in [0.2, 0.25) is 5.02 Å². The maximum absolute atomic E-state index is 13.5. The first-order valence-corrected chi connectivity index (χ1v) is 7.23. The first kappa shape index (κ1) is 15.4. The van der Waals surface area contributed by atoms with Crippen LogP contribution in [0.3, 0.4) is 0 Å². The lowest BCUT2D eigenvalue weighted by molar-refractivity contribution is 0.0696. The molecular formula is C10H8ClFN4O4S. The molecule has 0 spiro atoms. The third-order valence-corrected chi connectivity index (χ3v) is 4.20. The molecule has 2 rings (SSSR count). The van der Waals surface area contributed by atoms with Gasteiger partial charge in [0.25, 0.3) is 0 Å². The van der Waals surface area contributed by atoms with Gasteiger partial charge in [-0.3, -0.25) is 5.10 Å². The molecule has 0 atom stereocenters. The van der Waals surface area contributed by atoms with Crippen molar-refractivity contribution >= 4 is 27.6 Å². The molecule has 1 heterocycles. The van der Waals surface area contributed by atoms with E-state index in [0.29, 0.717) is 6.07 Å². The molecule has 0 bridgehead atoms. The van der Waals surface area contributed by atoms with E-state index in [2.05, 4.69) is 19.9 Å². The average Bonchev–Trinajstić information content (AvgIpc) is 2.92.